The Labute approximate surface area is 165 Å². The van der Waals surface area contributed by atoms with Gasteiger partial charge < -0.3 is 0 Å². The molecule has 4 aliphatic carbocycles. The topological polar surface area (TPSA) is 120 Å². The maximum absolute atomic E-state index is 12.7. The van der Waals surface area contributed by atoms with Crippen molar-refractivity contribution in [3.63, 3.8) is 0 Å². The van der Waals surface area contributed by atoms with Crippen molar-refractivity contribution < 1.29 is 16.8 Å². The Morgan fingerprint density at radius 1 is 1.04 bits per heavy atom. The monoisotopic (exact) mass is 420 g/mol. The molecule has 6 nitrogen and oxygen atoms in total. The van der Waals surface area contributed by atoms with E-state index in [-0.39, 0.29) is 10.8 Å². The molecule has 1 unspecified atom stereocenters. The Balaban J connectivity index is 1.53. The van der Waals surface area contributed by atoms with Crippen LogP contribution in [0.25, 0.3) is 5.57 Å². The number of nitrogens with two attached hydrogens (primary N) is 2. The second-order valence-corrected chi connectivity index (χ2v) is 12.4. The fourth-order valence-electron chi connectivity index (χ4n) is 5.75. The summed E-state index contributed by atoms with van der Waals surface area (Å²) in [5.74, 6) is 0.0526. The van der Waals surface area contributed by atoms with Gasteiger partial charge in [-0.1, -0.05) is 24.6 Å². The van der Waals surface area contributed by atoms with E-state index in [1.807, 2.05) is 12.2 Å². The number of rotatable bonds is 3. The van der Waals surface area contributed by atoms with Crippen LogP contribution >= 0.6 is 0 Å². The van der Waals surface area contributed by atoms with E-state index in [4.69, 9.17) is 10.3 Å². The summed E-state index contributed by atoms with van der Waals surface area (Å²) in [4.78, 5) is 0.0784. The highest BCUT2D eigenvalue weighted by Gasteiger charge is 2.59. The molecular weight excluding hydrogens is 396 g/mol. The zero-order chi connectivity index (χ0) is 19.9. The van der Waals surface area contributed by atoms with Gasteiger partial charge >= 0.3 is 0 Å². The van der Waals surface area contributed by atoms with Gasteiger partial charge in [-0.3, -0.25) is 0 Å². The van der Waals surface area contributed by atoms with E-state index in [0.717, 1.165) is 35.1 Å². The van der Waals surface area contributed by atoms with Crippen LogP contribution in [0, 0.1) is 11.3 Å². The molecule has 0 bridgehead atoms. The van der Waals surface area contributed by atoms with Crippen LogP contribution in [-0.4, -0.2) is 21.6 Å². The van der Waals surface area contributed by atoms with Crippen molar-refractivity contribution in [1.82, 2.24) is 0 Å². The van der Waals surface area contributed by atoms with Crippen molar-refractivity contribution in [1.29, 1.82) is 0 Å². The van der Waals surface area contributed by atoms with Gasteiger partial charge in [0.15, 0.2) is 0 Å². The highest BCUT2D eigenvalue weighted by atomic mass is 32.2. The number of hydrogen-bond acceptors (Lipinski definition) is 4. The van der Waals surface area contributed by atoms with Crippen LogP contribution < -0.4 is 10.3 Å². The second kappa shape index (κ2) is 5.56. The minimum atomic E-state index is -3.78. The molecule has 150 valence electrons. The molecule has 1 aromatic rings. The van der Waals surface area contributed by atoms with Crippen LogP contribution in [0.4, 0.5) is 0 Å². The van der Waals surface area contributed by atoms with Gasteiger partial charge in [0.2, 0.25) is 20.0 Å². The lowest BCUT2D eigenvalue weighted by Gasteiger charge is -2.59. The van der Waals surface area contributed by atoms with Crippen LogP contribution in [0.2, 0.25) is 0 Å². The molecule has 5 rings (SSSR count). The number of fused-ring (bicyclic) bond motifs is 3. The van der Waals surface area contributed by atoms with Gasteiger partial charge in [-0.05, 0) is 84.3 Å². The van der Waals surface area contributed by atoms with Crippen LogP contribution in [0.1, 0.15) is 49.7 Å². The smallest absolute Gasteiger partial charge is 0.228 e. The minimum absolute atomic E-state index is 0.0526. The molecule has 2 saturated carbocycles. The Bertz CT molecular complexity index is 1150. The third-order valence-corrected chi connectivity index (χ3v) is 10.0. The maximum atomic E-state index is 12.7. The Kier molecular flexibility index (Phi) is 3.68. The summed E-state index contributed by atoms with van der Waals surface area (Å²) < 4.78 is 47.7. The van der Waals surface area contributed by atoms with Crippen LogP contribution in [0.3, 0.4) is 0 Å². The molecule has 4 N–H and O–H groups in total. The third kappa shape index (κ3) is 2.51. The second-order valence-electron chi connectivity index (χ2n) is 8.99. The summed E-state index contributed by atoms with van der Waals surface area (Å²) in [6.07, 6.45) is 10.2. The van der Waals surface area contributed by atoms with Crippen molar-refractivity contribution in [2.24, 2.45) is 21.6 Å². The molecule has 1 atom stereocenters. The first kappa shape index (κ1) is 18.5. The maximum Gasteiger partial charge on any atom is 0.238 e. The summed E-state index contributed by atoms with van der Waals surface area (Å²) in [6, 6.07) is 4.86. The van der Waals surface area contributed by atoms with Gasteiger partial charge in [-0.15, -0.1) is 0 Å². The standard InChI is InChI=1S/C20H24N2O4S2/c21-27(23,24)16-2-3-17-13(9-16)8-14-10-20(28(22,25)26,7-4-18(14)17)15-11-19(12-15)5-1-6-19/h2-4,9-10,15H,1,5-8,11-12H2,(H2,21,23,24)(H2,22,25,26). The predicted molar refractivity (Wildman–Crippen MR) is 107 cm³/mol. The van der Waals surface area contributed by atoms with Gasteiger partial charge in [-0.25, -0.2) is 27.1 Å². The molecule has 0 aliphatic heterocycles. The molecule has 0 saturated heterocycles. The molecular formula is C20H24N2O4S2. The first-order valence-corrected chi connectivity index (χ1v) is 12.7. The highest BCUT2D eigenvalue weighted by Crippen LogP contribution is 2.64. The van der Waals surface area contributed by atoms with E-state index in [1.165, 1.54) is 25.3 Å². The first-order valence-electron chi connectivity index (χ1n) is 9.64. The molecule has 0 amide bonds. The van der Waals surface area contributed by atoms with E-state index in [2.05, 4.69) is 0 Å². The lowest BCUT2D eigenvalue weighted by molar-refractivity contribution is -0.0358. The van der Waals surface area contributed by atoms with Gasteiger partial charge in [-0.2, -0.15) is 0 Å². The molecule has 2 fully saturated rings. The van der Waals surface area contributed by atoms with Crippen molar-refractivity contribution in [3.8, 4) is 0 Å². The molecule has 0 radical (unpaired) electrons. The Hall–Kier alpha value is -1.48. The summed E-state index contributed by atoms with van der Waals surface area (Å²) in [7, 11) is -7.55. The van der Waals surface area contributed by atoms with Crippen molar-refractivity contribution >= 4 is 25.6 Å². The SMILES string of the molecule is NS(=O)(=O)c1ccc2c(c1)CC1=CC(C3CC4(CCC4)C3)(S(N)(=O)=O)CC=C12. The van der Waals surface area contributed by atoms with Gasteiger partial charge in [0.1, 0.15) is 4.75 Å². The number of primary sulfonamides is 2. The van der Waals surface area contributed by atoms with Gasteiger partial charge in [0.05, 0.1) is 4.90 Å². The average molecular weight is 421 g/mol. The lowest BCUT2D eigenvalue weighted by atomic mass is 9.49. The van der Waals surface area contributed by atoms with Crippen molar-refractivity contribution in [2.45, 2.75) is 54.6 Å². The van der Waals surface area contributed by atoms with E-state index in [9.17, 15) is 16.8 Å². The predicted octanol–water partition coefficient (Wildman–Crippen LogP) is 2.21. The summed E-state index contributed by atoms with van der Waals surface area (Å²) in [6.45, 7) is 0. The molecule has 8 heteroatoms. The lowest BCUT2D eigenvalue weighted by Crippen LogP contribution is -2.57. The van der Waals surface area contributed by atoms with Crippen molar-refractivity contribution in [2.75, 3.05) is 0 Å². The van der Waals surface area contributed by atoms with Gasteiger partial charge in [0, 0.05) is 0 Å². The number of benzene rings is 1. The average Bonchev–Trinajstić information content (AvgIpc) is 2.86. The van der Waals surface area contributed by atoms with E-state index < -0.39 is 24.8 Å². The van der Waals surface area contributed by atoms with E-state index in [1.54, 1.807) is 12.1 Å². The van der Waals surface area contributed by atoms with E-state index in [0.29, 0.717) is 18.3 Å². The first-order chi connectivity index (χ1) is 13.0. The molecule has 28 heavy (non-hydrogen) atoms. The number of sulfonamides is 2. The molecule has 1 spiro atoms. The Morgan fingerprint density at radius 2 is 1.75 bits per heavy atom. The number of hydrogen-bond donors (Lipinski definition) is 2. The van der Waals surface area contributed by atoms with Crippen LogP contribution in [0.5, 0.6) is 0 Å². The fraction of sp³-hybridized carbons (Fsp3) is 0.500. The Morgan fingerprint density at radius 3 is 2.32 bits per heavy atom. The largest absolute Gasteiger partial charge is 0.238 e. The summed E-state index contributed by atoms with van der Waals surface area (Å²) in [5.41, 5.74) is 4.09. The third-order valence-electron chi connectivity index (χ3n) is 7.46. The number of allylic oxidation sites excluding steroid dienone is 3. The fourth-order valence-corrected chi connectivity index (χ4v) is 7.56. The highest BCUT2D eigenvalue weighted by molar-refractivity contribution is 7.90. The molecule has 1 aromatic carbocycles. The quantitative estimate of drug-likeness (QED) is 0.779. The van der Waals surface area contributed by atoms with Crippen molar-refractivity contribution in [3.05, 3.63) is 47.1 Å². The molecule has 0 heterocycles. The minimum Gasteiger partial charge on any atom is -0.228 e. The molecule has 0 aromatic heterocycles. The van der Waals surface area contributed by atoms with Gasteiger partial charge in [0.25, 0.3) is 0 Å². The van der Waals surface area contributed by atoms with Crippen LogP contribution in [0.15, 0.2) is 40.8 Å². The summed E-state index contributed by atoms with van der Waals surface area (Å²) in [5, 5.41) is 11.0. The summed E-state index contributed by atoms with van der Waals surface area (Å²) >= 11 is 0. The normalized spacial score (nSPS) is 28.6. The molecule has 4 aliphatic rings. The van der Waals surface area contributed by atoms with Crippen LogP contribution in [-0.2, 0) is 26.5 Å². The van der Waals surface area contributed by atoms with E-state index >= 15 is 0 Å². The zero-order valence-electron chi connectivity index (χ0n) is 15.5. The zero-order valence-corrected chi connectivity index (χ0v) is 17.2.